The van der Waals surface area contributed by atoms with Crippen LogP contribution in [0.25, 0.3) is 0 Å². The molecule has 0 aliphatic carbocycles. The zero-order valence-corrected chi connectivity index (χ0v) is 10.8. The molecule has 1 aromatic heterocycles. The quantitative estimate of drug-likeness (QED) is 0.799. The van der Waals surface area contributed by atoms with Crippen LogP contribution in [-0.2, 0) is 9.53 Å². The van der Waals surface area contributed by atoms with E-state index in [1.54, 1.807) is 11.4 Å². The van der Waals surface area contributed by atoms with Crippen LogP contribution in [0.1, 0.15) is 23.5 Å². The number of nitrogens with two attached hydrogens (primary N) is 1. The summed E-state index contributed by atoms with van der Waals surface area (Å²) < 4.78 is 4.61. The molecular formula is C11H16N2O3S. The van der Waals surface area contributed by atoms with Gasteiger partial charge in [0.2, 0.25) is 5.91 Å². The molecule has 0 bridgehead atoms. The summed E-state index contributed by atoms with van der Waals surface area (Å²) in [6.07, 6.45) is 0. The number of carbonyl (C=O) groups is 2. The molecule has 0 aliphatic rings. The van der Waals surface area contributed by atoms with Crippen LogP contribution in [-0.4, -0.2) is 25.0 Å². The first-order valence-electron chi connectivity index (χ1n) is 5.19. The largest absolute Gasteiger partial charge is 0.465 e. The average molecular weight is 256 g/mol. The van der Waals surface area contributed by atoms with E-state index >= 15 is 0 Å². The Kier molecular flexibility index (Phi) is 4.65. The van der Waals surface area contributed by atoms with Crippen LogP contribution in [0.5, 0.6) is 0 Å². The molecule has 6 heteroatoms. The standard InChI is InChI=1S/C11H16N2O3S/c1-6(2)8(12)10(14)13-7-4-5-17-9(7)11(15)16-3/h4-6,8H,12H2,1-3H3,(H,13,14). The van der Waals surface area contributed by atoms with Gasteiger partial charge in [0.05, 0.1) is 18.8 Å². The van der Waals surface area contributed by atoms with Crippen LogP contribution in [0, 0.1) is 5.92 Å². The highest BCUT2D eigenvalue weighted by molar-refractivity contribution is 7.12. The Morgan fingerprint density at radius 3 is 2.65 bits per heavy atom. The first kappa shape index (κ1) is 13.7. The van der Waals surface area contributed by atoms with Gasteiger partial charge in [0.15, 0.2) is 0 Å². The number of methoxy groups -OCH3 is 1. The molecule has 5 nitrogen and oxygen atoms in total. The van der Waals surface area contributed by atoms with Crippen molar-refractivity contribution < 1.29 is 14.3 Å². The van der Waals surface area contributed by atoms with Crippen LogP contribution >= 0.6 is 11.3 Å². The van der Waals surface area contributed by atoms with Crippen LogP contribution in [0.15, 0.2) is 11.4 Å². The van der Waals surface area contributed by atoms with Crippen molar-refractivity contribution in [3.05, 3.63) is 16.3 Å². The molecule has 94 valence electrons. The second-order valence-corrected chi connectivity index (χ2v) is 4.83. The topological polar surface area (TPSA) is 81.4 Å². The lowest BCUT2D eigenvalue weighted by molar-refractivity contribution is -0.118. The third-order valence-electron chi connectivity index (χ3n) is 2.31. The molecule has 3 N–H and O–H groups in total. The summed E-state index contributed by atoms with van der Waals surface area (Å²) in [6.45, 7) is 3.72. The summed E-state index contributed by atoms with van der Waals surface area (Å²) in [5.41, 5.74) is 6.16. The van der Waals surface area contributed by atoms with E-state index in [1.807, 2.05) is 13.8 Å². The number of hydrogen-bond donors (Lipinski definition) is 2. The third kappa shape index (κ3) is 3.28. The number of esters is 1. The summed E-state index contributed by atoms with van der Waals surface area (Å²) in [5, 5.41) is 4.34. The number of anilines is 1. The second-order valence-electron chi connectivity index (χ2n) is 3.91. The maximum absolute atomic E-state index is 11.7. The Hall–Kier alpha value is -1.40. The molecule has 1 unspecified atom stereocenters. The SMILES string of the molecule is COC(=O)c1sccc1NC(=O)C(N)C(C)C. The zero-order valence-electron chi connectivity index (χ0n) is 10.0. The van der Waals surface area contributed by atoms with E-state index in [0.717, 1.165) is 0 Å². The van der Waals surface area contributed by atoms with Gasteiger partial charge < -0.3 is 15.8 Å². The first-order valence-corrected chi connectivity index (χ1v) is 6.07. The minimum Gasteiger partial charge on any atom is -0.465 e. The molecule has 0 radical (unpaired) electrons. The Morgan fingerprint density at radius 1 is 1.47 bits per heavy atom. The minimum absolute atomic E-state index is 0.0372. The Morgan fingerprint density at radius 2 is 2.12 bits per heavy atom. The van der Waals surface area contributed by atoms with Crippen molar-refractivity contribution in [2.75, 3.05) is 12.4 Å². The number of amides is 1. The summed E-state index contributed by atoms with van der Waals surface area (Å²) >= 11 is 1.21. The average Bonchev–Trinajstić information content (AvgIpc) is 2.74. The monoisotopic (exact) mass is 256 g/mol. The number of ether oxygens (including phenoxy) is 1. The van der Waals surface area contributed by atoms with Crippen molar-refractivity contribution in [1.82, 2.24) is 0 Å². The fourth-order valence-electron chi connectivity index (χ4n) is 1.18. The van der Waals surface area contributed by atoms with Crippen molar-refractivity contribution >= 4 is 28.9 Å². The van der Waals surface area contributed by atoms with Crippen molar-refractivity contribution in [3.8, 4) is 0 Å². The summed E-state index contributed by atoms with van der Waals surface area (Å²) in [5.74, 6) is -0.729. The second kappa shape index (κ2) is 5.79. The van der Waals surface area contributed by atoms with Crippen molar-refractivity contribution in [2.24, 2.45) is 11.7 Å². The molecule has 0 fully saturated rings. The molecular weight excluding hydrogens is 240 g/mol. The molecule has 0 saturated heterocycles. The van der Waals surface area contributed by atoms with E-state index in [-0.39, 0.29) is 11.8 Å². The van der Waals surface area contributed by atoms with Gasteiger partial charge in [-0.2, -0.15) is 0 Å². The molecule has 17 heavy (non-hydrogen) atoms. The molecule has 0 aromatic carbocycles. The highest BCUT2D eigenvalue weighted by Crippen LogP contribution is 2.23. The van der Waals surface area contributed by atoms with Crippen LogP contribution in [0.4, 0.5) is 5.69 Å². The Bertz CT molecular complexity index is 415. The van der Waals surface area contributed by atoms with Gasteiger partial charge in [0, 0.05) is 0 Å². The Balaban J connectivity index is 2.79. The number of nitrogens with one attached hydrogen (secondary N) is 1. The van der Waals surface area contributed by atoms with Gasteiger partial charge in [0.1, 0.15) is 4.88 Å². The third-order valence-corrected chi connectivity index (χ3v) is 3.21. The van der Waals surface area contributed by atoms with E-state index in [0.29, 0.717) is 10.6 Å². The number of carbonyl (C=O) groups excluding carboxylic acids is 2. The van der Waals surface area contributed by atoms with E-state index in [4.69, 9.17) is 5.73 Å². The van der Waals surface area contributed by atoms with E-state index in [1.165, 1.54) is 18.4 Å². The van der Waals surface area contributed by atoms with Crippen molar-refractivity contribution in [2.45, 2.75) is 19.9 Å². The number of thiophene rings is 1. The predicted octanol–water partition coefficient (Wildman–Crippen LogP) is 1.46. The van der Waals surface area contributed by atoms with E-state index in [9.17, 15) is 9.59 Å². The van der Waals surface area contributed by atoms with Gasteiger partial charge in [-0.25, -0.2) is 4.79 Å². The lowest BCUT2D eigenvalue weighted by Gasteiger charge is -2.15. The van der Waals surface area contributed by atoms with Crippen molar-refractivity contribution in [1.29, 1.82) is 0 Å². The summed E-state index contributed by atoms with van der Waals surface area (Å²) in [7, 11) is 1.30. The summed E-state index contributed by atoms with van der Waals surface area (Å²) in [6, 6.07) is 1.06. The van der Waals surface area contributed by atoms with E-state index in [2.05, 4.69) is 10.1 Å². The van der Waals surface area contributed by atoms with Gasteiger partial charge in [0.25, 0.3) is 0 Å². The van der Waals surface area contributed by atoms with Gasteiger partial charge in [-0.15, -0.1) is 11.3 Å². The minimum atomic E-state index is -0.597. The van der Waals surface area contributed by atoms with Gasteiger partial charge >= 0.3 is 5.97 Å². The molecule has 0 saturated carbocycles. The molecule has 1 aromatic rings. The molecule has 1 heterocycles. The van der Waals surface area contributed by atoms with Gasteiger partial charge in [-0.05, 0) is 17.4 Å². The predicted molar refractivity (Wildman–Crippen MR) is 67.1 cm³/mol. The lowest BCUT2D eigenvalue weighted by Crippen LogP contribution is -2.39. The maximum atomic E-state index is 11.7. The molecule has 1 amide bonds. The van der Waals surface area contributed by atoms with Crippen LogP contribution in [0.3, 0.4) is 0 Å². The molecule has 0 spiro atoms. The van der Waals surface area contributed by atoms with E-state index < -0.39 is 12.0 Å². The van der Waals surface area contributed by atoms with Crippen LogP contribution in [0.2, 0.25) is 0 Å². The molecule has 1 rings (SSSR count). The molecule has 1 atom stereocenters. The highest BCUT2D eigenvalue weighted by Gasteiger charge is 2.20. The fourth-order valence-corrected chi connectivity index (χ4v) is 1.94. The van der Waals surface area contributed by atoms with Gasteiger partial charge in [-0.1, -0.05) is 13.8 Å². The van der Waals surface area contributed by atoms with Crippen LogP contribution < -0.4 is 11.1 Å². The zero-order chi connectivity index (χ0) is 13.0. The number of hydrogen-bond acceptors (Lipinski definition) is 5. The first-order chi connectivity index (χ1) is 7.97. The molecule has 0 aliphatic heterocycles. The van der Waals surface area contributed by atoms with Crippen molar-refractivity contribution in [3.63, 3.8) is 0 Å². The summed E-state index contributed by atoms with van der Waals surface area (Å²) in [4.78, 5) is 23.5. The normalized spacial score (nSPS) is 12.3. The lowest BCUT2D eigenvalue weighted by atomic mass is 10.1. The highest BCUT2D eigenvalue weighted by atomic mass is 32.1. The maximum Gasteiger partial charge on any atom is 0.350 e. The number of rotatable bonds is 4. The van der Waals surface area contributed by atoms with Gasteiger partial charge in [-0.3, -0.25) is 4.79 Å². The fraction of sp³-hybridized carbons (Fsp3) is 0.455. The smallest absolute Gasteiger partial charge is 0.350 e. The Labute approximate surface area is 104 Å².